The molecule has 0 spiro atoms. The number of methoxy groups -OCH3 is 2. The van der Waals surface area contributed by atoms with Crippen LogP contribution in [0.25, 0.3) is 0 Å². The Hall–Kier alpha value is -2.40. The van der Waals surface area contributed by atoms with Crippen molar-refractivity contribution >= 4 is 35.6 Å². The molecule has 0 bridgehead atoms. The van der Waals surface area contributed by atoms with Gasteiger partial charge in [0.2, 0.25) is 0 Å². The number of ether oxygens (including phenoxy) is 2. The number of nitro benzene ring substituents is 1. The van der Waals surface area contributed by atoms with Gasteiger partial charge in [-0.25, -0.2) is 4.99 Å². The van der Waals surface area contributed by atoms with Gasteiger partial charge in [0.05, 0.1) is 18.6 Å². The molecule has 30 heavy (non-hydrogen) atoms. The van der Waals surface area contributed by atoms with E-state index in [0.717, 1.165) is 36.3 Å². The second kappa shape index (κ2) is 14.6. The highest BCUT2D eigenvalue weighted by atomic mass is 127. The molecule has 8 nitrogen and oxygen atoms in total. The van der Waals surface area contributed by atoms with Crippen molar-refractivity contribution in [3.05, 3.63) is 69.8 Å². The fourth-order valence-corrected chi connectivity index (χ4v) is 2.72. The molecule has 0 heterocycles. The molecule has 9 heteroatoms. The van der Waals surface area contributed by atoms with Crippen molar-refractivity contribution in [2.75, 3.05) is 33.9 Å². The third kappa shape index (κ3) is 8.95. The van der Waals surface area contributed by atoms with E-state index in [1.54, 1.807) is 26.4 Å². The molecule has 2 N–H and O–H groups in total. The maximum absolute atomic E-state index is 10.8. The highest BCUT2D eigenvalue weighted by molar-refractivity contribution is 14.0. The Labute approximate surface area is 194 Å². The second-order valence-corrected chi connectivity index (χ2v) is 6.35. The van der Waals surface area contributed by atoms with Gasteiger partial charge in [-0.05, 0) is 30.0 Å². The van der Waals surface area contributed by atoms with Gasteiger partial charge in [0, 0.05) is 38.9 Å². The van der Waals surface area contributed by atoms with Gasteiger partial charge < -0.3 is 20.1 Å². The molecule has 0 unspecified atom stereocenters. The Balaban J connectivity index is 0.00000450. The molecular weight excluding hydrogens is 499 g/mol. The van der Waals surface area contributed by atoms with Crippen LogP contribution < -0.4 is 15.4 Å². The third-order valence-electron chi connectivity index (χ3n) is 4.26. The highest BCUT2D eigenvalue weighted by Gasteiger charge is 2.05. The number of aliphatic imine (C=N–C) groups is 1. The summed E-state index contributed by atoms with van der Waals surface area (Å²) >= 11 is 0. The number of nitro groups is 1. The second-order valence-electron chi connectivity index (χ2n) is 6.35. The maximum Gasteiger partial charge on any atom is 0.269 e. The number of nitrogens with one attached hydrogen (secondary N) is 2. The molecule has 0 atom stereocenters. The smallest absolute Gasteiger partial charge is 0.269 e. The average molecular weight is 528 g/mol. The van der Waals surface area contributed by atoms with Gasteiger partial charge in [0.15, 0.2) is 5.96 Å². The average Bonchev–Trinajstić information content (AvgIpc) is 2.75. The standard InChI is InChI=1S/C21H28N4O4.HI/c1-28-15-5-13-22-21(23-14-12-18-6-3-4-7-20(18)29-2)24-16-17-8-10-19(11-9-17)25(26)27;/h3-4,6-11H,5,12-16H2,1-2H3,(H2,22,23,24);1H. The first-order chi connectivity index (χ1) is 14.1. The van der Waals surface area contributed by atoms with E-state index < -0.39 is 4.92 Å². The fourth-order valence-electron chi connectivity index (χ4n) is 2.72. The number of guanidine groups is 1. The van der Waals surface area contributed by atoms with Crippen LogP contribution >= 0.6 is 24.0 Å². The summed E-state index contributed by atoms with van der Waals surface area (Å²) in [5.74, 6) is 1.56. The minimum atomic E-state index is -0.407. The van der Waals surface area contributed by atoms with Gasteiger partial charge in [-0.3, -0.25) is 10.1 Å². The lowest BCUT2D eigenvalue weighted by molar-refractivity contribution is -0.384. The van der Waals surface area contributed by atoms with Gasteiger partial charge >= 0.3 is 0 Å². The summed E-state index contributed by atoms with van der Waals surface area (Å²) in [6, 6.07) is 14.4. The molecule has 0 aliphatic heterocycles. The SMILES string of the molecule is COCCCNC(=NCc1ccc([N+](=O)[O-])cc1)NCCc1ccccc1OC.I. The number of halogens is 1. The Morgan fingerprint density at radius 2 is 1.77 bits per heavy atom. The summed E-state index contributed by atoms with van der Waals surface area (Å²) in [7, 11) is 3.34. The molecule has 0 aliphatic carbocycles. The van der Waals surface area contributed by atoms with Crippen molar-refractivity contribution in [3.8, 4) is 5.75 Å². The predicted molar refractivity (Wildman–Crippen MR) is 129 cm³/mol. The summed E-state index contributed by atoms with van der Waals surface area (Å²) < 4.78 is 10.5. The van der Waals surface area contributed by atoms with Crippen molar-refractivity contribution in [1.29, 1.82) is 0 Å². The molecule has 164 valence electrons. The summed E-state index contributed by atoms with van der Waals surface area (Å²) in [6.07, 6.45) is 1.65. The molecule has 2 aromatic carbocycles. The quantitative estimate of drug-likeness (QED) is 0.116. The Morgan fingerprint density at radius 3 is 2.43 bits per heavy atom. The minimum absolute atomic E-state index is 0. The Morgan fingerprint density at radius 1 is 1.07 bits per heavy atom. The van der Waals surface area contributed by atoms with Gasteiger partial charge in [-0.15, -0.1) is 24.0 Å². The largest absolute Gasteiger partial charge is 0.496 e. The lowest BCUT2D eigenvalue weighted by Gasteiger charge is -2.14. The zero-order valence-electron chi connectivity index (χ0n) is 17.3. The molecular formula is C21H29IN4O4. The molecule has 0 aromatic heterocycles. The van der Waals surface area contributed by atoms with Crippen molar-refractivity contribution in [3.63, 3.8) is 0 Å². The lowest BCUT2D eigenvalue weighted by Crippen LogP contribution is -2.39. The van der Waals surface area contributed by atoms with Crippen molar-refractivity contribution < 1.29 is 14.4 Å². The number of hydrogen-bond acceptors (Lipinski definition) is 5. The van der Waals surface area contributed by atoms with E-state index in [1.807, 2.05) is 24.3 Å². The van der Waals surface area contributed by atoms with Crippen LogP contribution in [0.2, 0.25) is 0 Å². The molecule has 0 saturated heterocycles. The van der Waals surface area contributed by atoms with Crippen molar-refractivity contribution in [1.82, 2.24) is 10.6 Å². The Bertz CT molecular complexity index is 800. The fraction of sp³-hybridized carbons (Fsp3) is 0.381. The van der Waals surface area contributed by atoms with E-state index in [-0.39, 0.29) is 29.7 Å². The highest BCUT2D eigenvalue weighted by Crippen LogP contribution is 2.17. The minimum Gasteiger partial charge on any atom is -0.496 e. The van der Waals surface area contributed by atoms with E-state index in [2.05, 4.69) is 15.6 Å². The van der Waals surface area contributed by atoms with E-state index in [9.17, 15) is 10.1 Å². The van der Waals surface area contributed by atoms with Crippen LogP contribution in [0.5, 0.6) is 5.75 Å². The van der Waals surface area contributed by atoms with E-state index in [1.165, 1.54) is 12.1 Å². The van der Waals surface area contributed by atoms with E-state index >= 15 is 0 Å². The van der Waals surface area contributed by atoms with Crippen LogP contribution in [0.1, 0.15) is 17.5 Å². The number of hydrogen-bond donors (Lipinski definition) is 2. The van der Waals surface area contributed by atoms with Crippen LogP contribution in [0.4, 0.5) is 5.69 Å². The van der Waals surface area contributed by atoms with Crippen LogP contribution in [0.3, 0.4) is 0 Å². The molecule has 2 rings (SSSR count). The van der Waals surface area contributed by atoms with Gasteiger partial charge in [0.1, 0.15) is 5.75 Å². The molecule has 0 radical (unpaired) electrons. The maximum atomic E-state index is 10.8. The topological polar surface area (TPSA) is 98.0 Å². The van der Waals surface area contributed by atoms with E-state index in [4.69, 9.17) is 9.47 Å². The molecule has 0 amide bonds. The summed E-state index contributed by atoms with van der Waals surface area (Å²) in [4.78, 5) is 15.0. The predicted octanol–water partition coefficient (Wildman–Crippen LogP) is 3.54. The lowest BCUT2D eigenvalue weighted by atomic mass is 10.1. The van der Waals surface area contributed by atoms with Gasteiger partial charge in [0.25, 0.3) is 5.69 Å². The number of benzene rings is 2. The first-order valence-electron chi connectivity index (χ1n) is 9.50. The van der Waals surface area contributed by atoms with Gasteiger partial charge in [-0.1, -0.05) is 30.3 Å². The molecule has 0 fully saturated rings. The number of rotatable bonds is 11. The molecule has 0 saturated carbocycles. The zero-order chi connectivity index (χ0) is 20.9. The van der Waals surface area contributed by atoms with Crippen molar-refractivity contribution in [2.24, 2.45) is 4.99 Å². The first-order valence-corrected chi connectivity index (χ1v) is 9.50. The summed E-state index contributed by atoms with van der Waals surface area (Å²) in [5.41, 5.74) is 2.10. The number of nitrogens with zero attached hydrogens (tertiary/aromatic N) is 2. The summed E-state index contributed by atoms with van der Waals surface area (Å²) in [6.45, 7) is 2.52. The number of non-ortho nitro benzene ring substituents is 1. The van der Waals surface area contributed by atoms with Gasteiger partial charge in [-0.2, -0.15) is 0 Å². The Kier molecular flexibility index (Phi) is 12.4. The third-order valence-corrected chi connectivity index (χ3v) is 4.26. The van der Waals surface area contributed by atoms with Crippen molar-refractivity contribution in [2.45, 2.75) is 19.4 Å². The van der Waals surface area contributed by atoms with Crippen LogP contribution in [0, 0.1) is 10.1 Å². The van der Waals surface area contributed by atoms with Crippen LogP contribution in [0.15, 0.2) is 53.5 Å². The number of para-hydroxylation sites is 1. The van der Waals surface area contributed by atoms with E-state index in [0.29, 0.717) is 25.7 Å². The molecule has 2 aromatic rings. The zero-order valence-corrected chi connectivity index (χ0v) is 19.6. The normalized spacial score (nSPS) is 10.8. The monoisotopic (exact) mass is 528 g/mol. The molecule has 0 aliphatic rings. The van der Waals surface area contributed by atoms with Crippen LogP contribution in [-0.4, -0.2) is 44.8 Å². The summed E-state index contributed by atoms with van der Waals surface area (Å²) in [5, 5.41) is 17.4. The first kappa shape index (κ1) is 25.6. The van der Waals surface area contributed by atoms with Crippen LogP contribution in [-0.2, 0) is 17.7 Å².